The third-order valence-electron chi connectivity index (χ3n) is 4.12. The molecule has 0 aliphatic carbocycles. The lowest BCUT2D eigenvalue weighted by molar-refractivity contribution is 0.578. The van der Waals surface area contributed by atoms with Crippen LogP contribution in [0.5, 0.6) is 0 Å². The molecule has 2 aromatic heterocycles. The molecule has 0 aliphatic heterocycles. The molecule has 0 atom stereocenters. The van der Waals surface area contributed by atoms with Crippen molar-refractivity contribution in [1.29, 1.82) is 0 Å². The Bertz CT molecular complexity index is 1120. The quantitative estimate of drug-likeness (QED) is 0.475. The van der Waals surface area contributed by atoms with Crippen molar-refractivity contribution in [3.8, 4) is 17.1 Å². The van der Waals surface area contributed by atoms with Crippen LogP contribution in [0.4, 0.5) is 5.82 Å². The SMILES string of the molecule is O=c1[nH]c(NCc2ccccc2)c(-c2ccco2)n1-c1ccc(Cl)c(Cl)c1. The number of aromatic amines is 1. The molecule has 4 aromatic rings. The molecule has 5 nitrogen and oxygen atoms in total. The second kappa shape index (κ2) is 7.39. The summed E-state index contributed by atoms with van der Waals surface area (Å²) in [6, 6.07) is 18.5. The van der Waals surface area contributed by atoms with Crippen LogP contribution in [0.3, 0.4) is 0 Å². The largest absolute Gasteiger partial charge is 0.463 e. The van der Waals surface area contributed by atoms with Crippen molar-refractivity contribution in [2.75, 3.05) is 5.32 Å². The zero-order chi connectivity index (χ0) is 18.8. The van der Waals surface area contributed by atoms with Gasteiger partial charge in [0.05, 0.1) is 22.0 Å². The van der Waals surface area contributed by atoms with Crippen molar-refractivity contribution in [3.05, 3.63) is 93.0 Å². The van der Waals surface area contributed by atoms with Gasteiger partial charge < -0.3 is 9.73 Å². The molecule has 0 saturated carbocycles. The van der Waals surface area contributed by atoms with Gasteiger partial charge in [0, 0.05) is 6.54 Å². The molecule has 0 amide bonds. The molecule has 136 valence electrons. The van der Waals surface area contributed by atoms with Crippen LogP contribution < -0.4 is 11.0 Å². The number of H-pyrrole nitrogens is 1. The van der Waals surface area contributed by atoms with Crippen molar-refractivity contribution in [1.82, 2.24) is 9.55 Å². The maximum Gasteiger partial charge on any atom is 0.332 e. The Hall–Kier alpha value is -2.89. The molecule has 2 N–H and O–H groups in total. The summed E-state index contributed by atoms with van der Waals surface area (Å²) in [5, 5.41) is 4.07. The number of halogens is 2. The summed E-state index contributed by atoms with van der Waals surface area (Å²) in [6.45, 7) is 0.551. The van der Waals surface area contributed by atoms with E-state index >= 15 is 0 Å². The summed E-state index contributed by atoms with van der Waals surface area (Å²) >= 11 is 12.2. The van der Waals surface area contributed by atoms with Gasteiger partial charge in [0.15, 0.2) is 5.76 Å². The third kappa shape index (κ3) is 3.52. The summed E-state index contributed by atoms with van der Waals surface area (Å²) in [7, 11) is 0. The number of nitrogens with one attached hydrogen (secondary N) is 2. The van der Waals surface area contributed by atoms with E-state index in [1.807, 2.05) is 30.3 Å². The van der Waals surface area contributed by atoms with E-state index < -0.39 is 0 Å². The van der Waals surface area contributed by atoms with Crippen LogP contribution in [0.1, 0.15) is 5.56 Å². The summed E-state index contributed by atoms with van der Waals surface area (Å²) in [5.74, 6) is 1.11. The summed E-state index contributed by atoms with van der Waals surface area (Å²) in [5.41, 5.74) is 1.95. The fourth-order valence-electron chi connectivity index (χ4n) is 2.87. The van der Waals surface area contributed by atoms with Crippen molar-refractivity contribution in [2.24, 2.45) is 0 Å². The Kier molecular flexibility index (Phi) is 4.79. The average Bonchev–Trinajstić information content (AvgIpc) is 3.30. The second-order valence-corrected chi connectivity index (χ2v) is 6.72. The molecule has 2 heterocycles. The molecule has 0 saturated heterocycles. The van der Waals surface area contributed by atoms with Gasteiger partial charge in [-0.3, -0.25) is 9.55 Å². The fourth-order valence-corrected chi connectivity index (χ4v) is 3.16. The van der Waals surface area contributed by atoms with Gasteiger partial charge in [0.2, 0.25) is 0 Å². The Morgan fingerprint density at radius 2 is 1.81 bits per heavy atom. The van der Waals surface area contributed by atoms with Gasteiger partial charge in [-0.15, -0.1) is 0 Å². The predicted octanol–water partition coefficient (Wildman–Crippen LogP) is 5.34. The van der Waals surface area contributed by atoms with E-state index in [1.54, 1.807) is 36.6 Å². The normalized spacial score (nSPS) is 10.9. The smallest absolute Gasteiger partial charge is 0.332 e. The molecule has 0 fully saturated rings. The van der Waals surface area contributed by atoms with Crippen LogP contribution in [0.15, 0.2) is 76.1 Å². The molecule has 0 spiro atoms. The van der Waals surface area contributed by atoms with Crippen LogP contribution in [-0.4, -0.2) is 9.55 Å². The molecule has 7 heteroatoms. The van der Waals surface area contributed by atoms with Gasteiger partial charge >= 0.3 is 5.69 Å². The Labute approximate surface area is 165 Å². The van der Waals surface area contributed by atoms with E-state index in [0.29, 0.717) is 39.5 Å². The standard InChI is InChI=1S/C20H15Cl2N3O2/c21-15-9-8-14(11-16(15)22)25-18(17-7-4-10-27-17)19(24-20(25)26)23-12-13-5-2-1-3-6-13/h1-11,23H,12H2,(H,24,26). The Morgan fingerprint density at radius 1 is 1.00 bits per heavy atom. The van der Waals surface area contributed by atoms with E-state index in [-0.39, 0.29) is 5.69 Å². The average molecular weight is 400 g/mol. The van der Waals surface area contributed by atoms with Crippen molar-refractivity contribution < 1.29 is 4.42 Å². The minimum absolute atomic E-state index is 0.310. The first-order chi connectivity index (χ1) is 13.1. The van der Waals surface area contributed by atoms with Crippen molar-refractivity contribution in [3.63, 3.8) is 0 Å². The molecule has 0 aliphatic rings. The van der Waals surface area contributed by atoms with E-state index in [4.69, 9.17) is 27.6 Å². The van der Waals surface area contributed by atoms with E-state index in [0.717, 1.165) is 5.56 Å². The number of rotatable bonds is 5. The van der Waals surface area contributed by atoms with Crippen LogP contribution in [0, 0.1) is 0 Å². The van der Waals surface area contributed by atoms with Gasteiger partial charge in [-0.1, -0.05) is 53.5 Å². The van der Waals surface area contributed by atoms with Crippen LogP contribution >= 0.6 is 23.2 Å². The lowest BCUT2D eigenvalue weighted by Gasteiger charge is -2.10. The number of anilines is 1. The maximum atomic E-state index is 12.7. The number of nitrogens with zero attached hydrogens (tertiary/aromatic N) is 1. The highest BCUT2D eigenvalue weighted by Gasteiger charge is 2.20. The zero-order valence-corrected chi connectivity index (χ0v) is 15.6. The zero-order valence-electron chi connectivity index (χ0n) is 14.1. The van der Waals surface area contributed by atoms with Crippen LogP contribution in [0.2, 0.25) is 10.0 Å². The van der Waals surface area contributed by atoms with Crippen LogP contribution in [0.25, 0.3) is 17.1 Å². The summed E-state index contributed by atoms with van der Waals surface area (Å²) in [4.78, 5) is 15.6. The molecule has 4 rings (SSSR count). The van der Waals surface area contributed by atoms with Crippen molar-refractivity contribution >= 4 is 29.0 Å². The number of benzene rings is 2. The van der Waals surface area contributed by atoms with E-state index in [2.05, 4.69) is 10.3 Å². The monoisotopic (exact) mass is 399 g/mol. The second-order valence-electron chi connectivity index (χ2n) is 5.90. The highest BCUT2D eigenvalue weighted by Crippen LogP contribution is 2.31. The lowest BCUT2D eigenvalue weighted by atomic mass is 10.2. The fraction of sp³-hybridized carbons (Fsp3) is 0.0500. The molecular formula is C20H15Cl2N3O2. The molecule has 0 unspecified atom stereocenters. The first-order valence-corrected chi connectivity index (χ1v) is 9.01. The summed E-state index contributed by atoms with van der Waals surface area (Å²) in [6.07, 6.45) is 1.56. The van der Waals surface area contributed by atoms with Gasteiger partial charge in [0.25, 0.3) is 0 Å². The minimum Gasteiger partial charge on any atom is -0.463 e. The summed E-state index contributed by atoms with van der Waals surface area (Å²) < 4.78 is 7.07. The van der Waals surface area contributed by atoms with E-state index in [1.165, 1.54) is 4.57 Å². The van der Waals surface area contributed by atoms with Gasteiger partial charge in [-0.25, -0.2) is 4.79 Å². The lowest BCUT2D eigenvalue weighted by Crippen LogP contribution is -2.15. The van der Waals surface area contributed by atoms with Crippen LogP contribution in [-0.2, 0) is 6.54 Å². The number of imidazole rings is 1. The third-order valence-corrected chi connectivity index (χ3v) is 4.86. The first-order valence-electron chi connectivity index (χ1n) is 8.25. The highest BCUT2D eigenvalue weighted by molar-refractivity contribution is 6.42. The van der Waals surface area contributed by atoms with Gasteiger partial charge in [0.1, 0.15) is 11.5 Å². The highest BCUT2D eigenvalue weighted by atomic mass is 35.5. The molecule has 27 heavy (non-hydrogen) atoms. The maximum absolute atomic E-state index is 12.7. The number of hydrogen-bond donors (Lipinski definition) is 2. The molecule has 2 aromatic carbocycles. The Balaban J connectivity index is 1.80. The Morgan fingerprint density at radius 3 is 2.52 bits per heavy atom. The molecule has 0 bridgehead atoms. The number of aromatic nitrogens is 2. The number of furan rings is 1. The van der Waals surface area contributed by atoms with Gasteiger partial charge in [-0.05, 0) is 35.9 Å². The molecule has 0 radical (unpaired) electrons. The topological polar surface area (TPSA) is 63.0 Å². The van der Waals surface area contributed by atoms with Gasteiger partial charge in [-0.2, -0.15) is 0 Å². The van der Waals surface area contributed by atoms with E-state index in [9.17, 15) is 4.79 Å². The predicted molar refractivity (Wildman–Crippen MR) is 108 cm³/mol. The number of hydrogen-bond acceptors (Lipinski definition) is 3. The first kappa shape index (κ1) is 17.5. The molecular weight excluding hydrogens is 385 g/mol. The minimum atomic E-state index is -0.310. The van der Waals surface area contributed by atoms with Crippen molar-refractivity contribution in [2.45, 2.75) is 6.54 Å².